The van der Waals surface area contributed by atoms with E-state index in [0.29, 0.717) is 16.9 Å². The lowest BCUT2D eigenvalue weighted by Crippen LogP contribution is -2.36. The Balaban J connectivity index is 1.46. The van der Waals surface area contributed by atoms with Crippen LogP contribution in [0.15, 0.2) is 57.7 Å². The number of ether oxygens (including phenoxy) is 1. The standard InChI is InChI=1S/C22H19NO6/c24-19(23-20(21(25)26)13-5-2-1-3-6-13)12-28-14-9-10-16-15-7-4-8-17(15)22(27)29-18(16)11-14/h1-3,5-6,9-11,20H,4,7-8,12H2,(H,23,24)(H,25,26)/t20-/m1/s1. The number of fused-ring (bicyclic) bond motifs is 3. The van der Waals surface area contributed by atoms with Gasteiger partial charge in [0.1, 0.15) is 11.3 Å². The van der Waals surface area contributed by atoms with Crippen molar-refractivity contribution in [1.29, 1.82) is 0 Å². The molecule has 1 aromatic heterocycles. The molecule has 29 heavy (non-hydrogen) atoms. The van der Waals surface area contributed by atoms with Gasteiger partial charge in [0.05, 0.1) is 0 Å². The van der Waals surface area contributed by atoms with E-state index in [1.807, 2.05) is 6.07 Å². The van der Waals surface area contributed by atoms with Crippen molar-refractivity contribution in [3.05, 3.63) is 75.6 Å². The highest BCUT2D eigenvalue weighted by atomic mass is 16.5. The van der Waals surface area contributed by atoms with E-state index >= 15 is 0 Å². The Morgan fingerprint density at radius 1 is 1.10 bits per heavy atom. The first-order valence-electron chi connectivity index (χ1n) is 9.31. The van der Waals surface area contributed by atoms with Crippen LogP contribution < -0.4 is 15.7 Å². The second-order valence-corrected chi connectivity index (χ2v) is 6.90. The number of nitrogens with one attached hydrogen (secondary N) is 1. The molecule has 1 aliphatic carbocycles. The maximum Gasteiger partial charge on any atom is 0.339 e. The van der Waals surface area contributed by atoms with Crippen molar-refractivity contribution in [2.45, 2.75) is 25.3 Å². The molecular formula is C22H19NO6. The molecule has 1 amide bonds. The molecule has 0 saturated carbocycles. The van der Waals surface area contributed by atoms with Crippen molar-refractivity contribution >= 4 is 22.8 Å². The molecule has 0 unspecified atom stereocenters. The zero-order chi connectivity index (χ0) is 20.4. The molecule has 0 saturated heterocycles. The Labute approximate surface area is 165 Å². The van der Waals surface area contributed by atoms with Crippen molar-refractivity contribution in [3.8, 4) is 5.75 Å². The molecule has 1 heterocycles. The predicted molar refractivity (Wildman–Crippen MR) is 105 cm³/mol. The van der Waals surface area contributed by atoms with Gasteiger partial charge < -0.3 is 19.6 Å². The van der Waals surface area contributed by atoms with Crippen LogP contribution in [-0.4, -0.2) is 23.6 Å². The molecule has 0 bridgehead atoms. The zero-order valence-corrected chi connectivity index (χ0v) is 15.5. The quantitative estimate of drug-likeness (QED) is 0.624. The van der Waals surface area contributed by atoms with Crippen molar-refractivity contribution in [1.82, 2.24) is 5.32 Å². The number of aryl methyl sites for hydroxylation is 1. The van der Waals surface area contributed by atoms with Gasteiger partial charge >= 0.3 is 11.6 Å². The van der Waals surface area contributed by atoms with E-state index in [2.05, 4.69) is 5.32 Å². The smallest absolute Gasteiger partial charge is 0.339 e. The fourth-order valence-corrected chi connectivity index (χ4v) is 3.64. The van der Waals surface area contributed by atoms with Gasteiger partial charge in [0, 0.05) is 17.0 Å². The molecule has 148 valence electrons. The van der Waals surface area contributed by atoms with E-state index in [4.69, 9.17) is 9.15 Å². The van der Waals surface area contributed by atoms with Crippen LogP contribution >= 0.6 is 0 Å². The normalized spacial score (nSPS) is 13.7. The molecule has 0 radical (unpaired) electrons. The number of carbonyl (C=O) groups is 2. The topological polar surface area (TPSA) is 106 Å². The van der Waals surface area contributed by atoms with Gasteiger partial charge in [0.25, 0.3) is 5.91 Å². The summed E-state index contributed by atoms with van der Waals surface area (Å²) in [6.07, 6.45) is 2.51. The highest BCUT2D eigenvalue weighted by Crippen LogP contribution is 2.29. The molecule has 3 aromatic rings. The Morgan fingerprint density at radius 3 is 2.62 bits per heavy atom. The molecule has 7 heteroatoms. The number of benzene rings is 2. The third-order valence-electron chi connectivity index (χ3n) is 5.00. The monoisotopic (exact) mass is 393 g/mol. The number of carboxylic acids is 1. The molecule has 0 aliphatic heterocycles. The van der Waals surface area contributed by atoms with Crippen molar-refractivity contribution in [3.63, 3.8) is 0 Å². The van der Waals surface area contributed by atoms with Gasteiger partial charge in [-0.25, -0.2) is 9.59 Å². The van der Waals surface area contributed by atoms with Gasteiger partial charge in [-0.15, -0.1) is 0 Å². The number of carboxylic acid groups (broad SMARTS) is 1. The van der Waals surface area contributed by atoms with Crippen molar-refractivity contribution in [2.24, 2.45) is 0 Å². The molecule has 1 aliphatic rings. The first kappa shape index (κ1) is 18.7. The van der Waals surface area contributed by atoms with Gasteiger partial charge in [-0.1, -0.05) is 30.3 Å². The number of rotatable bonds is 6. The van der Waals surface area contributed by atoms with E-state index in [0.717, 1.165) is 35.8 Å². The van der Waals surface area contributed by atoms with Crippen LogP contribution in [0.2, 0.25) is 0 Å². The summed E-state index contributed by atoms with van der Waals surface area (Å²) < 4.78 is 10.9. The van der Waals surface area contributed by atoms with Crippen molar-refractivity contribution in [2.75, 3.05) is 6.61 Å². The molecule has 4 rings (SSSR count). The highest BCUT2D eigenvalue weighted by Gasteiger charge is 2.22. The maximum absolute atomic E-state index is 12.2. The van der Waals surface area contributed by atoms with Crippen LogP contribution in [0, 0.1) is 0 Å². The third-order valence-corrected chi connectivity index (χ3v) is 5.00. The predicted octanol–water partition coefficient (Wildman–Crippen LogP) is 2.60. The second-order valence-electron chi connectivity index (χ2n) is 6.90. The molecule has 2 N–H and O–H groups in total. The summed E-state index contributed by atoms with van der Waals surface area (Å²) in [7, 11) is 0. The first-order chi connectivity index (χ1) is 14.0. The second kappa shape index (κ2) is 7.79. The number of hydrogen-bond acceptors (Lipinski definition) is 5. The lowest BCUT2D eigenvalue weighted by molar-refractivity contribution is -0.142. The Bertz CT molecular complexity index is 1140. The van der Waals surface area contributed by atoms with E-state index in [-0.39, 0.29) is 12.2 Å². The van der Waals surface area contributed by atoms with Crippen molar-refractivity contribution < 1.29 is 23.8 Å². The minimum Gasteiger partial charge on any atom is -0.484 e. The van der Waals surface area contributed by atoms with Gasteiger partial charge in [-0.05, 0) is 42.5 Å². The number of amides is 1. The minimum absolute atomic E-state index is 0.327. The van der Waals surface area contributed by atoms with Gasteiger partial charge in [-0.2, -0.15) is 0 Å². The van der Waals surface area contributed by atoms with Crippen LogP contribution in [0.25, 0.3) is 11.0 Å². The van der Waals surface area contributed by atoms with E-state index in [1.165, 1.54) is 0 Å². The fraction of sp³-hybridized carbons (Fsp3) is 0.227. The van der Waals surface area contributed by atoms with Gasteiger partial charge in [0.2, 0.25) is 0 Å². The Kier molecular flexibility index (Phi) is 5.03. The number of aliphatic carboxylic acids is 1. The van der Waals surface area contributed by atoms with Gasteiger partial charge in [0.15, 0.2) is 12.6 Å². The molecule has 2 aromatic carbocycles. The lowest BCUT2D eigenvalue weighted by Gasteiger charge is -2.15. The molecular weight excluding hydrogens is 374 g/mol. The Morgan fingerprint density at radius 2 is 1.86 bits per heavy atom. The third kappa shape index (κ3) is 3.85. The van der Waals surface area contributed by atoms with E-state index in [1.54, 1.807) is 42.5 Å². The number of carbonyl (C=O) groups excluding carboxylic acids is 1. The largest absolute Gasteiger partial charge is 0.484 e. The van der Waals surface area contributed by atoms with E-state index < -0.39 is 17.9 Å². The summed E-state index contributed by atoms with van der Waals surface area (Å²) in [4.78, 5) is 35.8. The SMILES string of the molecule is O=C(COc1ccc2c3c(c(=O)oc2c1)CCC3)N[C@@H](C(=O)O)c1ccccc1. The summed E-state index contributed by atoms with van der Waals surface area (Å²) >= 11 is 0. The van der Waals surface area contributed by atoms with Crippen LogP contribution in [0.3, 0.4) is 0 Å². The molecule has 7 nitrogen and oxygen atoms in total. The number of hydrogen-bond donors (Lipinski definition) is 2. The van der Waals surface area contributed by atoms with Gasteiger partial charge in [-0.3, -0.25) is 4.79 Å². The summed E-state index contributed by atoms with van der Waals surface area (Å²) in [5, 5.41) is 12.7. The first-order valence-corrected chi connectivity index (χ1v) is 9.31. The molecule has 0 spiro atoms. The average Bonchev–Trinajstić information content (AvgIpc) is 3.21. The highest BCUT2D eigenvalue weighted by molar-refractivity contribution is 5.86. The summed E-state index contributed by atoms with van der Waals surface area (Å²) in [6.45, 7) is -0.364. The Hall–Kier alpha value is -3.61. The average molecular weight is 393 g/mol. The molecule has 0 fully saturated rings. The maximum atomic E-state index is 12.2. The lowest BCUT2D eigenvalue weighted by atomic mass is 10.1. The summed E-state index contributed by atoms with van der Waals surface area (Å²) in [5.41, 5.74) is 2.32. The summed E-state index contributed by atoms with van der Waals surface area (Å²) in [6, 6.07) is 12.4. The summed E-state index contributed by atoms with van der Waals surface area (Å²) in [5.74, 6) is -1.37. The fourth-order valence-electron chi connectivity index (χ4n) is 3.64. The van der Waals surface area contributed by atoms with Crippen LogP contribution in [0.5, 0.6) is 5.75 Å². The van der Waals surface area contributed by atoms with Crippen LogP contribution in [0.4, 0.5) is 0 Å². The molecule has 1 atom stereocenters. The van der Waals surface area contributed by atoms with Crippen LogP contribution in [0.1, 0.15) is 29.2 Å². The van der Waals surface area contributed by atoms with Crippen LogP contribution in [-0.2, 0) is 22.4 Å². The minimum atomic E-state index is -1.16. The van der Waals surface area contributed by atoms with E-state index in [9.17, 15) is 19.5 Å². The zero-order valence-electron chi connectivity index (χ0n) is 15.5.